The molecule has 4 nitrogen and oxygen atoms in total. The molecule has 1 aromatic heterocycles. The molecule has 0 unspecified atom stereocenters. The first kappa shape index (κ1) is 15.8. The van der Waals surface area contributed by atoms with E-state index in [4.69, 9.17) is 0 Å². The lowest BCUT2D eigenvalue weighted by molar-refractivity contribution is 0.102. The lowest BCUT2D eigenvalue weighted by Gasteiger charge is -2.07. The van der Waals surface area contributed by atoms with Crippen LogP contribution in [0.3, 0.4) is 0 Å². The van der Waals surface area contributed by atoms with Gasteiger partial charge in [0.25, 0.3) is 5.91 Å². The van der Waals surface area contributed by atoms with E-state index in [1.165, 1.54) is 7.05 Å². The smallest absolute Gasteiger partial charge is 0.262 e. The number of hydrogen-bond acceptors (Lipinski definition) is 2. The van der Waals surface area contributed by atoms with Crippen molar-refractivity contribution in [3.63, 3.8) is 0 Å². The van der Waals surface area contributed by atoms with E-state index in [9.17, 15) is 9.18 Å². The fraction of sp³-hybridized carbons (Fsp3) is 0.294. The van der Waals surface area contributed by atoms with Gasteiger partial charge in [0, 0.05) is 18.5 Å². The third kappa shape index (κ3) is 3.34. The number of aromatic nitrogens is 2. The molecule has 1 heterocycles. The van der Waals surface area contributed by atoms with Gasteiger partial charge in [-0.1, -0.05) is 37.8 Å². The highest BCUT2D eigenvalue weighted by atomic mass is 19.1. The van der Waals surface area contributed by atoms with Crippen molar-refractivity contribution in [1.29, 1.82) is 0 Å². The summed E-state index contributed by atoms with van der Waals surface area (Å²) in [6.45, 7) is 5.58. The van der Waals surface area contributed by atoms with E-state index in [0.717, 1.165) is 4.68 Å². The van der Waals surface area contributed by atoms with Gasteiger partial charge in [-0.2, -0.15) is 9.49 Å². The van der Waals surface area contributed by atoms with E-state index < -0.39 is 11.9 Å². The minimum Gasteiger partial charge on any atom is -0.321 e. The summed E-state index contributed by atoms with van der Waals surface area (Å²) in [5.41, 5.74) is 1.56. The fourth-order valence-electron chi connectivity index (χ4n) is 2.00. The minimum absolute atomic E-state index is 0.0471. The average Bonchev–Trinajstić information content (AvgIpc) is 2.71. The second-order valence-electron chi connectivity index (χ2n) is 5.30. The predicted molar refractivity (Wildman–Crippen MR) is 84.0 cm³/mol. The molecule has 0 bridgehead atoms. The largest absolute Gasteiger partial charge is 0.321 e. The van der Waals surface area contributed by atoms with Gasteiger partial charge >= 0.3 is 0 Å². The van der Waals surface area contributed by atoms with Crippen LogP contribution in [0.25, 0.3) is 0 Å². The molecule has 0 aliphatic rings. The van der Waals surface area contributed by atoms with E-state index in [2.05, 4.69) is 22.3 Å². The maximum absolute atomic E-state index is 13.9. The van der Waals surface area contributed by atoms with Crippen molar-refractivity contribution in [2.24, 2.45) is 13.0 Å². The summed E-state index contributed by atoms with van der Waals surface area (Å²) in [5, 5.41) is 6.62. The Kier molecular flexibility index (Phi) is 4.62. The summed E-state index contributed by atoms with van der Waals surface area (Å²) in [5.74, 6) is 5.12. The summed E-state index contributed by atoms with van der Waals surface area (Å²) >= 11 is 0. The van der Waals surface area contributed by atoms with Gasteiger partial charge in [-0.15, -0.1) is 0 Å². The first-order valence-electron chi connectivity index (χ1n) is 7.01. The monoisotopic (exact) mass is 299 g/mol. The molecule has 0 atom stereocenters. The molecule has 5 heteroatoms. The summed E-state index contributed by atoms with van der Waals surface area (Å²) in [6, 6.07) is 7.20. The molecule has 0 aliphatic carbocycles. The number of carbonyl (C=O) groups excluding carboxylic acids is 1. The maximum atomic E-state index is 13.9. The van der Waals surface area contributed by atoms with Crippen LogP contribution in [0.15, 0.2) is 24.3 Å². The highest BCUT2D eigenvalue weighted by Gasteiger charge is 2.20. The predicted octanol–water partition coefficient (Wildman–Crippen LogP) is 3.13. The quantitative estimate of drug-likeness (QED) is 0.866. The van der Waals surface area contributed by atoms with Crippen LogP contribution in [0, 0.1) is 30.6 Å². The van der Waals surface area contributed by atoms with Gasteiger partial charge < -0.3 is 5.32 Å². The molecule has 0 fully saturated rings. The molecule has 0 spiro atoms. The molecule has 1 amide bonds. The number of carbonyl (C=O) groups is 1. The molecule has 0 radical (unpaired) electrons. The Hall–Kier alpha value is -2.61. The van der Waals surface area contributed by atoms with E-state index in [0.29, 0.717) is 16.9 Å². The van der Waals surface area contributed by atoms with Crippen molar-refractivity contribution in [2.45, 2.75) is 20.8 Å². The molecule has 0 saturated carbocycles. The van der Waals surface area contributed by atoms with Crippen molar-refractivity contribution in [3.8, 4) is 11.8 Å². The summed E-state index contributed by atoms with van der Waals surface area (Å²) < 4.78 is 15.0. The molecule has 2 aromatic rings. The van der Waals surface area contributed by atoms with Crippen LogP contribution in [-0.2, 0) is 7.05 Å². The molecule has 22 heavy (non-hydrogen) atoms. The molecule has 2 rings (SSSR count). The number of anilines is 1. The van der Waals surface area contributed by atoms with Crippen LogP contribution in [0.2, 0.25) is 0 Å². The zero-order valence-electron chi connectivity index (χ0n) is 13.1. The third-order valence-electron chi connectivity index (χ3n) is 3.05. The van der Waals surface area contributed by atoms with E-state index in [-0.39, 0.29) is 11.5 Å². The van der Waals surface area contributed by atoms with Crippen LogP contribution in [0.4, 0.5) is 10.1 Å². The second-order valence-corrected chi connectivity index (χ2v) is 5.30. The molecule has 114 valence electrons. The molecular weight excluding hydrogens is 281 g/mol. The average molecular weight is 299 g/mol. The third-order valence-corrected chi connectivity index (χ3v) is 3.05. The van der Waals surface area contributed by atoms with E-state index >= 15 is 0 Å². The van der Waals surface area contributed by atoms with Crippen LogP contribution in [0.1, 0.15) is 35.5 Å². The molecule has 0 saturated heterocycles. The molecule has 1 N–H and O–H groups in total. The Labute approximate surface area is 129 Å². The highest BCUT2D eigenvalue weighted by molar-refractivity contribution is 6.05. The van der Waals surface area contributed by atoms with Crippen LogP contribution >= 0.6 is 0 Å². The van der Waals surface area contributed by atoms with Crippen molar-refractivity contribution >= 4 is 11.6 Å². The van der Waals surface area contributed by atoms with Crippen molar-refractivity contribution in [2.75, 3.05) is 5.32 Å². The topological polar surface area (TPSA) is 46.9 Å². The maximum Gasteiger partial charge on any atom is 0.262 e. The fourth-order valence-corrected chi connectivity index (χ4v) is 2.00. The van der Waals surface area contributed by atoms with Gasteiger partial charge in [0.2, 0.25) is 5.95 Å². The minimum atomic E-state index is -0.652. The van der Waals surface area contributed by atoms with Gasteiger partial charge in [-0.05, 0) is 19.1 Å². The second kappa shape index (κ2) is 6.44. The first-order valence-corrected chi connectivity index (χ1v) is 7.01. The number of halogens is 1. The number of amides is 1. The lowest BCUT2D eigenvalue weighted by Crippen LogP contribution is -2.15. The van der Waals surface area contributed by atoms with Gasteiger partial charge in [-0.25, -0.2) is 4.68 Å². The van der Waals surface area contributed by atoms with Crippen molar-refractivity contribution in [1.82, 2.24) is 9.78 Å². The zero-order chi connectivity index (χ0) is 16.3. The Morgan fingerprint density at radius 3 is 2.64 bits per heavy atom. The lowest BCUT2D eigenvalue weighted by atomic mass is 10.1. The number of rotatable bonds is 2. The van der Waals surface area contributed by atoms with Crippen molar-refractivity contribution in [3.05, 3.63) is 47.0 Å². The number of nitrogens with one attached hydrogen (secondary N) is 1. The summed E-state index contributed by atoms with van der Waals surface area (Å²) in [7, 11) is 1.46. The summed E-state index contributed by atoms with van der Waals surface area (Å²) in [6.07, 6.45) is 0. The van der Waals surface area contributed by atoms with Crippen LogP contribution in [-0.4, -0.2) is 15.7 Å². The van der Waals surface area contributed by atoms with E-state index in [1.807, 2.05) is 26.0 Å². The molecule has 0 aliphatic heterocycles. The molecule has 1 aromatic carbocycles. The van der Waals surface area contributed by atoms with Crippen molar-refractivity contribution < 1.29 is 9.18 Å². The SMILES string of the molecule is Cc1nn(C)c(F)c1C(=O)Nc1ccccc1C#CC(C)C. The number of aryl methyl sites for hydroxylation is 2. The van der Waals surface area contributed by atoms with Gasteiger partial charge in [0.15, 0.2) is 0 Å². The van der Waals surface area contributed by atoms with E-state index in [1.54, 1.807) is 19.1 Å². The van der Waals surface area contributed by atoms with Crippen LogP contribution in [0.5, 0.6) is 0 Å². The number of benzene rings is 1. The van der Waals surface area contributed by atoms with Crippen LogP contribution < -0.4 is 5.32 Å². The first-order chi connectivity index (χ1) is 10.4. The standard InChI is InChI=1S/C17H18FN3O/c1-11(2)9-10-13-7-5-6-8-14(13)19-17(22)15-12(3)20-21(4)16(15)18/h5-8,11H,1-4H3,(H,19,22). The zero-order valence-corrected chi connectivity index (χ0v) is 13.1. The van der Waals surface area contributed by atoms with Gasteiger partial charge in [0.1, 0.15) is 5.56 Å². The normalized spacial score (nSPS) is 10.3. The Morgan fingerprint density at radius 1 is 1.36 bits per heavy atom. The summed E-state index contributed by atoms with van der Waals surface area (Å²) in [4.78, 5) is 12.3. The number of para-hydroxylation sites is 1. The Balaban J connectivity index is 2.32. The van der Waals surface area contributed by atoms with Gasteiger partial charge in [-0.3, -0.25) is 4.79 Å². The molecular formula is C17H18FN3O. The van der Waals surface area contributed by atoms with Gasteiger partial charge in [0.05, 0.1) is 11.4 Å². The Morgan fingerprint density at radius 2 is 2.05 bits per heavy atom. The highest BCUT2D eigenvalue weighted by Crippen LogP contribution is 2.18. The Bertz CT molecular complexity index is 766. The number of hydrogen-bond donors (Lipinski definition) is 1. The number of nitrogens with zero attached hydrogens (tertiary/aromatic N) is 2.